The molecule has 118 valence electrons. The first-order valence-electron chi connectivity index (χ1n) is 6.88. The molecule has 2 rings (SSSR count). The molecule has 0 saturated heterocycles. The highest BCUT2D eigenvalue weighted by Crippen LogP contribution is 2.29. The summed E-state index contributed by atoms with van der Waals surface area (Å²) in [5, 5.41) is 12.6. The molecule has 1 aromatic heterocycles. The highest BCUT2D eigenvalue weighted by molar-refractivity contribution is 7.89. The van der Waals surface area contributed by atoms with Crippen LogP contribution in [0.1, 0.15) is 36.2 Å². The zero-order valence-electron chi connectivity index (χ0n) is 12.2. The van der Waals surface area contributed by atoms with Crippen molar-refractivity contribution in [3.05, 3.63) is 18.0 Å². The number of amides is 1. The van der Waals surface area contributed by atoms with Crippen LogP contribution in [0.2, 0.25) is 0 Å². The molecule has 1 aliphatic rings. The number of rotatable bonds is 5. The molecule has 1 aliphatic carbocycles. The summed E-state index contributed by atoms with van der Waals surface area (Å²) in [7, 11) is -0.651. The Morgan fingerprint density at radius 2 is 2.05 bits per heavy atom. The van der Waals surface area contributed by atoms with Gasteiger partial charge in [0.25, 0.3) is 5.91 Å². The number of aliphatic hydroxyl groups is 1. The molecule has 0 aromatic carbocycles. The normalized spacial score (nSPS) is 17.9. The summed E-state index contributed by atoms with van der Waals surface area (Å²) < 4.78 is 28.4. The third kappa shape index (κ3) is 3.45. The molecule has 1 fully saturated rings. The van der Waals surface area contributed by atoms with Gasteiger partial charge in [0.15, 0.2) is 0 Å². The first-order valence-corrected chi connectivity index (χ1v) is 8.36. The Morgan fingerprint density at radius 1 is 1.43 bits per heavy atom. The zero-order chi connectivity index (χ0) is 15.7. The molecule has 0 bridgehead atoms. The molecular weight excluding hydrogens is 294 g/mol. The first-order chi connectivity index (χ1) is 9.77. The van der Waals surface area contributed by atoms with Crippen molar-refractivity contribution < 1.29 is 18.3 Å². The van der Waals surface area contributed by atoms with Gasteiger partial charge in [-0.1, -0.05) is 12.8 Å². The van der Waals surface area contributed by atoms with E-state index in [1.54, 1.807) is 7.05 Å². The minimum atomic E-state index is -3.74. The van der Waals surface area contributed by atoms with Crippen LogP contribution < -0.4 is 10.0 Å². The maximum absolute atomic E-state index is 12.2. The molecule has 3 N–H and O–H groups in total. The summed E-state index contributed by atoms with van der Waals surface area (Å²) in [6.07, 6.45) is 4.40. The van der Waals surface area contributed by atoms with Crippen LogP contribution in [0.25, 0.3) is 0 Å². The van der Waals surface area contributed by atoms with Crippen LogP contribution in [0.4, 0.5) is 0 Å². The molecule has 1 saturated carbocycles. The molecule has 1 amide bonds. The molecule has 1 aromatic rings. The van der Waals surface area contributed by atoms with Gasteiger partial charge in [0.05, 0.1) is 5.60 Å². The third-order valence-electron chi connectivity index (χ3n) is 3.88. The lowest BCUT2D eigenvalue weighted by molar-refractivity contribution is 0.0531. The number of aromatic nitrogens is 1. The maximum Gasteiger partial charge on any atom is 0.267 e. The van der Waals surface area contributed by atoms with Crippen molar-refractivity contribution >= 4 is 15.9 Å². The van der Waals surface area contributed by atoms with Crippen LogP contribution in [-0.2, 0) is 17.1 Å². The third-order valence-corrected chi connectivity index (χ3v) is 5.24. The van der Waals surface area contributed by atoms with Gasteiger partial charge >= 0.3 is 0 Å². The number of hydrogen-bond donors (Lipinski definition) is 3. The van der Waals surface area contributed by atoms with Crippen LogP contribution in [-0.4, -0.2) is 43.2 Å². The summed E-state index contributed by atoms with van der Waals surface area (Å²) in [5.41, 5.74) is -0.691. The predicted molar refractivity (Wildman–Crippen MR) is 77.4 cm³/mol. The number of aryl methyl sites for hydroxylation is 1. The van der Waals surface area contributed by atoms with E-state index in [0.29, 0.717) is 12.8 Å². The summed E-state index contributed by atoms with van der Waals surface area (Å²) >= 11 is 0. The predicted octanol–water partition coefficient (Wildman–Crippen LogP) is -0.0319. The van der Waals surface area contributed by atoms with E-state index < -0.39 is 15.6 Å². The van der Waals surface area contributed by atoms with Crippen molar-refractivity contribution in [2.45, 2.75) is 36.2 Å². The Hall–Kier alpha value is -1.38. The lowest BCUT2D eigenvalue weighted by Crippen LogP contribution is -2.40. The monoisotopic (exact) mass is 315 g/mol. The van der Waals surface area contributed by atoms with Crippen LogP contribution >= 0.6 is 0 Å². The van der Waals surface area contributed by atoms with Crippen molar-refractivity contribution in [3.8, 4) is 0 Å². The topological polar surface area (TPSA) is 100 Å². The smallest absolute Gasteiger partial charge is 0.267 e. The Morgan fingerprint density at radius 3 is 2.62 bits per heavy atom. The van der Waals surface area contributed by atoms with E-state index in [2.05, 4.69) is 10.0 Å². The number of sulfonamides is 1. The fourth-order valence-electron chi connectivity index (χ4n) is 2.56. The molecule has 21 heavy (non-hydrogen) atoms. The average molecular weight is 315 g/mol. The molecular formula is C13H21N3O4S. The van der Waals surface area contributed by atoms with Crippen molar-refractivity contribution in [2.24, 2.45) is 7.05 Å². The Balaban J connectivity index is 2.14. The number of carbonyl (C=O) groups excluding carboxylic acids is 1. The quantitative estimate of drug-likeness (QED) is 0.710. The molecule has 0 spiro atoms. The summed E-state index contributed by atoms with van der Waals surface area (Å²) in [4.78, 5) is 11.6. The van der Waals surface area contributed by atoms with Crippen LogP contribution in [0, 0.1) is 0 Å². The van der Waals surface area contributed by atoms with Crippen LogP contribution in [0.5, 0.6) is 0 Å². The molecule has 0 radical (unpaired) electrons. The van der Waals surface area contributed by atoms with Gasteiger partial charge in [-0.3, -0.25) is 4.79 Å². The number of nitrogens with zero attached hydrogens (tertiary/aromatic N) is 1. The van der Waals surface area contributed by atoms with Gasteiger partial charge in [0, 0.05) is 26.8 Å². The van der Waals surface area contributed by atoms with Crippen LogP contribution in [0.3, 0.4) is 0 Å². The first kappa shape index (κ1) is 16.0. The zero-order valence-corrected chi connectivity index (χ0v) is 13.0. The Labute approximate surface area is 124 Å². The lowest BCUT2D eigenvalue weighted by Gasteiger charge is -2.22. The molecule has 7 nitrogen and oxygen atoms in total. The second-order valence-corrected chi connectivity index (χ2v) is 7.27. The standard InChI is InChI=1S/C13H21N3O4S/c1-14-12(17)11-7-10(8-16(11)2)21(19,20)15-9-13(18)5-3-4-6-13/h7-8,15,18H,3-6,9H2,1-2H3,(H,14,17). The fraction of sp³-hybridized carbons (Fsp3) is 0.615. The largest absolute Gasteiger partial charge is 0.389 e. The van der Waals surface area contributed by atoms with E-state index in [0.717, 1.165) is 12.8 Å². The van der Waals surface area contributed by atoms with Gasteiger partial charge in [-0.05, 0) is 18.9 Å². The second kappa shape index (κ2) is 5.78. The fourth-order valence-corrected chi connectivity index (χ4v) is 3.75. The van der Waals surface area contributed by atoms with Crippen molar-refractivity contribution in [3.63, 3.8) is 0 Å². The minimum Gasteiger partial charge on any atom is -0.389 e. The maximum atomic E-state index is 12.2. The van der Waals surface area contributed by atoms with Crippen molar-refractivity contribution in [1.29, 1.82) is 0 Å². The van der Waals surface area contributed by atoms with Crippen molar-refractivity contribution in [2.75, 3.05) is 13.6 Å². The van der Waals surface area contributed by atoms with Gasteiger partial charge in [0.1, 0.15) is 10.6 Å². The van der Waals surface area contributed by atoms with Gasteiger partial charge in [-0.15, -0.1) is 0 Å². The minimum absolute atomic E-state index is 0.000461. The highest BCUT2D eigenvalue weighted by atomic mass is 32.2. The van der Waals surface area contributed by atoms with E-state index in [-0.39, 0.29) is 23.0 Å². The Bertz CT molecular complexity index is 630. The van der Waals surface area contributed by atoms with Gasteiger partial charge < -0.3 is 15.0 Å². The van der Waals surface area contributed by atoms with Crippen LogP contribution in [0.15, 0.2) is 17.2 Å². The molecule has 1 heterocycles. The van der Waals surface area contributed by atoms with Crippen molar-refractivity contribution in [1.82, 2.24) is 14.6 Å². The SMILES string of the molecule is CNC(=O)c1cc(S(=O)(=O)NCC2(O)CCCC2)cn1C. The van der Waals surface area contributed by atoms with E-state index in [1.807, 2.05) is 0 Å². The molecule has 0 aliphatic heterocycles. The Kier molecular flexibility index (Phi) is 4.40. The van der Waals surface area contributed by atoms with E-state index in [1.165, 1.54) is 23.9 Å². The highest BCUT2D eigenvalue weighted by Gasteiger charge is 2.33. The molecule has 8 heteroatoms. The summed E-state index contributed by atoms with van der Waals surface area (Å²) in [6.45, 7) is -0.000461. The molecule has 0 atom stereocenters. The van der Waals surface area contributed by atoms with E-state index >= 15 is 0 Å². The summed E-state index contributed by atoms with van der Waals surface area (Å²) in [6, 6.07) is 1.32. The van der Waals surface area contributed by atoms with E-state index in [9.17, 15) is 18.3 Å². The van der Waals surface area contributed by atoms with Gasteiger partial charge in [-0.2, -0.15) is 0 Å². The second-order valence-electron chi connectivity index (χ2n) is 5.51. The van der Waals surface area contributed by atoms with Gasteiger partial charge in [0.2, 0.25) is 10.0 Å². The molecule has 0 unspecified atom stereocenters. The number of carbonyl (C=O) groups is 1. The average Bonchev–Trinajstić information content (AvgIpc) is 3.03. The summed E-state index contributed by atoms with van der Waals surface area (Å²) in [5.74, 6) is -0.353. The van der Waals surface area contributed by atoms with E-state index in [4.69, 9.17) is 0 Å². The number of nitrogens with one attached hydrogen (secondary N) is 2. The number of hydrogen-bond acceptors (Lipinski definition) is 4. The lowest BCUT2D eigenvalue weighted by atomic mass is 10.0. The van der Waals surface area contributed by atoms with Gasteiger partial charge in [-0.25, -0.2) is 13.1 Å².